The van der Waals surface area contributed by atoms with Gasteiger partial charge in [-0.25, -0.2) is 4.98 Å². The number of aromatic nitrogens is 1. The quantitative estimate of drug-likeness (QED) is 0.864. The number of hydrogen-bond acceptors (Lipinski definition) is 4. The number of fused-ring (bicyclic) bond motifs is 2. The minimum Gasteiger partial charge on any atom is -0.484 e. The zero-order chi connectivity index (χ0) is 19.9. The van der Waals surface area contributed by atoms with Gasteiger partial charge in [-0.15, -0.1) is 0 Å². The lowest BCUT2D eigenvalue weighted by Gasteiger charge is -2.39. The molecule has 5 nitrogen and oxygen atoms in total. The first-order chi connectivity index (χ1) is 13.3. The number of rotatable bonds is 3. The van der Waals surface area contributed by atoms with Gasteiger partial charge in [-0.3, -0.25) is 4.79 Å². The third kappa shape index (κ3) is 3.27. The highest BCUT2D eigenvalue weighted by Crippen LogP contribution is 2.44. The van der Waals surface area contributed by atoms with E-state index in [1.807, 2.05) is 18.2 Å². The largest absolute Gasteiger partial charge is 0.484 e. The lowest BCUT2D eigenvalue weighted by atomic mass is 9.74. The maximum Gasteiger partial charge on any atom is 0.422 e. The average molecular weight is 391 g/mol. The second-order valence-electron chi connectivity index (χ2n) is 7.28. The number of halogens is 3. The molecule has 1 fully saturated rings. The maximum atomic E-state index is 12.6. The topological polar surface area (TPSA) is 54.5 Å². The molecule has 2 aromatic rings. The van der Waals surface area contributed by atoms with Gasteiger partial charge < -0.3 is 15.0 Å². The minimum absolute atomic E-state index is 0.0287. The smallest absolute Gasteiger partial charge is 0.422 e. The van der Waals surface area contributed by atoms with Crippen LogP contribution in [-0.2, 0) is 10.2 Å². The number of alkyl halides is 3. The fraction of sp³-hybridized carbons (Fsp3) is 0.400. The van der Waals surface area contributed by atoms with Crippen LogP contribution >= 0.6 is 0 Å². The highest BCUT2D eigenvalue weighted by molar-refractivity contribution is 6.05. The second-order valence-corrected chi connectivity index (χ2v) is 7.28. The summed E-state index contributed by atoms with van der Waals surface area (Å²) < 4.78 is 42.4. The molecule has 0 atom stereocenters. The molecular formula is C20H20F3N3O2. The van der Waals surface area contributed by atoms with Crippen LogP contribution in [0.5, 0.6) is 5.75 Å². The predicted molar refractivity (Wildman–Crippen MR) is 98.7 cm³/mol. The number of benzene rings is 1. The van der Waals surface area contributed by atoms with Crippen molar-refractivity contribution < 1.29 is 22.7 Å². The summed E-state index contributed by atoms with van der Waals surface area (Å²) in [7, 11) is 0. The van der Waals surface area contributed by atoms with E-state index in [-0.39, 0.29) is 11.7 Å². The van der Waals surface area contributed by atoms with Crippen molar-refractivity contribution in [2.24, 2.45) is 0 Å². The molecule has 0 unspecified atom stereocenters. The summed E-state index contributed by atoms with van der Waals surface area (Å²) >= 11 is 0. The molecule has 3 heterocycles. The van der Waals surface area contributed by atoms with E-state index in [1.54, 1.807) is 25.3 Å². The van der Waals surface area contributed by atoms with Crippen LogP contribution < -0.4 is 15.0 Å². The lowest BCUT2D eigenvalue weighted by Crippen LogP contribution is -2.46. The van der Waals surface area contributed by atoms with Gasteiger partial charge in [0.25, 0.3) is 0 Å². The molecule has 0 bridgehead atoms. The number of aryl methyl sites for hydroxylation is 1. The van der Waals surface area contributed by atoms with Gasteiger partial charge in [0.05, 0.1) is 5.41 Å². The zero-order valence-electron chi connectivity index (χ0n) is 15.3. The molecule has 0 saturated carbocycles. The molecule has 148 valence electrons. The Morgan fingerprint density at radius 2 is 2.00 bits per heavy atom. The molecule has 1 saturated heterocycles. The van der Waals surface area contributed by atoms with Crippen LogP contribution in [0.3, 0.4) is 0 Å². The van der Waals surface area contributed by atoms with Crippen LogP contribution in [0, 0.1) is 6.92 Å². The number of anilines is 2. The number of nitrogens with one attached hydrogen (secondary N) is 1. The van der Waals surface area contributed by atoms with Crippen LogP contribution in [0.4, 0.5) is 24.7 Å². The zero-order valence-corrected chi connectivity index (χ0v) is 15.3. The van der Waals surface area contributed by atoms with Crippen molar-refractivity contribution in [2.75, 3.05) is 29.9 Å². The first kappa shape index (κ1) is 18.6. The SMILES string of the molecule is Cc1ccc(N2CCC3(CC2)C(=O)Nc2ncccc23)cc1OCC(F)(F)F. The van der Waals surface area contributed by atoms with E-state index < -0.39 is 18.2 Å². The standard InChI is InChI=1S/C20H20F3N3O2/c1-13-4-5-14(11-16(13)28-12-20(21,22)23)26-9-6-19(7-10-26)15-3-2-8-24-17(15)25-18(19)27/h2-5,8,11H,6-7,9-10,12H2,1H3,(H,24,25,27). The van der Waals surface area contributed by atoms with Gasteiger partial charge in [-0.1, -0.05) is 12.1 Å². The fourth-order valence-electron chi connectivity index (χ4n) is 3.98. The number of amides is 1. The monoisotopic (exact) mass is 391 g/mol. The van der Waals surface area contributed by atoms with Crippen molar-refractivity contribution in [2.45, 2.75) is 31.4 Å². The van der Waals surface area contributed by atoms with E-state index >= 15 is 0 Å². The van der Waals surface area contributed by atoms with Gasteiger partial charge in [0.1, 0.15) is 11.6 Å². The van der Waals surface area contributed by atoms with Gasteiger partial charge in [-0.05, 0) is 37.5 Å². The molecular weight excluding hydrogens is 371 g/mol. The Morgan fingerprint density at radius 1 is 1.25 bits per heavy atom. The molecule has 1 amide bonds. The van der Waals surface area contributed by atoms with Gasteiger partial charge in [0.2, 0.25) is 5.91 Å². The van der Waals surface area contributed by atoms with Crippen molar-refractivity contribution in [3.8, 4) is 5.75 Å². The number of carbonyl (C=O) groups excluding carboxylic acids is 1. The summed E-state index contributed by atoms with van der Waals surface area (Å²) in [6.45, 7) is 1.63. The maximum absolute atomic E-state index is 12.6. The van der Waals surface area contributed by atoms with Crippen molar-refractivity contribution in [1.29, 1.82) is 0 Å². The third-order valence-corrected chi connectivity index (χ3v) is 5.54. The van der Waals surface area contributed by atoms with Crippen LogP contribution in [0.1, 0.15) is 24.0 Å². The number of nitrogens with zero attached hydrogens (tertiary/aromatic N) is 2. The van der Waals surface area contributed by atoms with Crippen LogP contribution in [0.25, 0.3) is 0 Å². The van der Waals surface area contributed by atoms with E-state index in [1.165, 1.54) is 0 Å². The van der Waals surface area contributed by atoms with Gasteiger partial charge in [-0.2, -0.15) is 13.2 Å². The van der Waals surface area contributed by atoms with Gasteiger partial charge in [0.15, 0.2) is 6.61 Å². The second kappa shape index (κ2) is 6.68. The van der Waals surface area contributed by atoms with E-state index in [4.69, 9.17) is 4.74 Å². The molecule has 28 heavy (non-hydrogen) atoms. The Bertz CT molecular complexity index is 906. The first-order valence-electron chi connectivity index (χ1n) is 9.11. The van der Waals surface area contributed by atoms with Gasteiger partial charge >= 0.3 is 6.18 Å². The van der Waals surface area contributed by atoms with E-state index in [2.05, 4.69) is 15.2 Å². The number of ether oxygens (including phenoxy) is 1. The lowest BCUT2D eigenvalue weighted by molar-refractivity contribution is -0.153. The van der Waals surface area contributed by atoms with E-state index in [0.717, 1.165) is 11.3 Å². The molecule has 0 aliphatic carbocycles. The van der Waals surface area contributed by atoms with Crippen molar-refractivity contribution in [3.05, 3.63) is 47.7 Å². The molecule has 2 aliphatic rings. The minimum atomic E-state index is -4.38. The molecule has 1 spiro atoms. The van der Waals surface area contributed by atoms with E-state index in [0.29, 0.717) is 37.3 Å². The molecule has 1 aromatic heterocycles. The Balaban J connectivity index is 1.51. The summed E-state index contributed by atoms with van der Waals surface area (Å²) in [6.07, 6.45) is -1.49. The molecule has 1 aromatic carbocycles. The molecule has 0 radical (unpaired) electrons. The Morgan fingerprint density at radius 3 is 2.71 bits per heavy atom. The summed E-state index contributed by atoms with van der Waals surface area (Å²) in [4.78, 5) is 19.0. The Kier molecular flexibility index (Phi) is 4.44. The first-order valence-corrected chi connectivity index (χ1v) is 9.11. The number of pyridine rings is 1. The number of carbonyl (C=O) groups is 1. The number of hydrogen-bond donors (Lipinski definition) is 1. The van der Waals surface area contributed by atoms with Crippen LogP contribution in [-0.4, -0.2) is 36.8 Å². The highest BCUT2D eigenvalue weighted by atomic mass is 19.4. The van der Waals surface area contributed by atoms with Crippen molar-refractivity contribution in [1.82, 2.24) is 4.98 Å². The third-order valence-electron chi connectivity index (χ3n) is 5.54. The predicted octanol–water partition coefficient (Wildman–Crippen LogP) is 3.82. The normalized spacial score (nSPS) is 18.1. The van der Waals surface area contributed by atoms with Crippen LogP contribution in [0.15, 0.2) is 36.5 Å². The molecule has 8 heteroatoms. The molecule has 2 aliphatic heterocycles. The summed E-state index contributed by atoms with van der Waals surface area (Å²) in [5, 5.41) is 2.86. The van der Waals surface area contributed by atoms with Crippen LogP contribution in [0.2, 0.25) is 0 Å². The Labute approximate surface area is 160 Å². The summed E-state index contributed by atoms with van der Waals surface area (Å²) in [5.74, 6) is 0.821. The summed E-state index contributed by atoms with van der Waals surface area (Å²) in [6, 6.07) is 9.04. The van der Waals surface area contributed by atoms with E-state index in [9.17, 15) is 18.0 Å². The fourth-order valence-corrected chi connectivity index (χ4v) is 3.98. The van der Waals surface area contributed by atoms with Gasteiger partial charge in [0, 0.05) is 36.6 Å². The summed E-state index contributed by atoms with van der Waals surface area (Å²) in [5.41, 5.74) is 1.79. The molecule has 1 N–H and O–H groups in total. The van der Waals surface area contributed by atoms with Crippen molar-refractivity contribution >= 4 is 17.4 Å². The number of piperidine rings is 1. The highest BCUT2D eigenvalue weighted by Gasteiger charge is 2.49. The molecule has 4 rings (SSSR count). The average Bonchev–Trinajstić information content (AvgIpc) is 2.93. The Hall–Kier alpha value is -2.77. The van der Waals surface area contributed by atoms with Crippen molar-refractivity contribution in [3.63, 3.8) is 0 Å².